The van der Waals surface area contributed by atoms with Crippen LogP contribution in [0, 0.1) is 0 Å². The van der Waals surface area contributed by atoms with Crippen LogP contribution in [0.4, 0.5) is 11.4 Å². The molecule has 0 aliphatic carbocycles. The molecule has 1 aromatic carbocycles. The van der Waals surface area contributed by atoms with Gasteiger partial charge < -0.3 is 0 Å². The van der Waals surface area contributed by atoms with Crippen molar-refractivity contribution in [2.45, 2.75) is 0 Å². The molecule has 4 nitrogen and oxygen atoms in total. The fourth-order valence-electron chi connectivity index (χ4n) is 1.16. The van der Waals surface area contributed by atoms with E-state index in [-0.39, 0.29) is 0 Å². The van der Waals surface area contributed by atoms with Gasteiger partial charge >= 0.3 is 0 Å². The predicted molar refractivity (Wildman–Crippen MR) is 44.5 cm³/mol. The molecule has 58 valence electrons. The zero-order chi connectivity index (χ0) is 7.84. The normalized spacial score (nSPS) is 16.4. The molecule has 11 heavy (non-hydrogen) atoms. The van der Waals surface area contributed by atoms with Crippen LogP contribution >= 0.6 is 0 Å². The second-order valence-electron chi connectivity index (χ2n) is 2.50. The highest BCUT2D eigenvalue weighted by atomic mass is 15.9. The van der Waals surface area contributed by atoms with E-state index in [1.165, 1.54) is 0 Å². The standard InChI is InChI=1S/C7H10N4/c1-10-9-6-4-2-3-5-7(6)11(10)8/h2-5,9H,8H2,1H3. The number of rotatable bonds is 0. The van der Waals surface area contributed by atoms with Gasteiger partial charge in [-0.05, 0) is 12.1 Å². The molecule has 1 aliphatic rings. The number of hydrogen-bond acceptors (Lipinski definition) is 4. The molecule has 1 heterocycles. The lowest BCUT2D eigenvalue weighted by Gasteiger charge is -2.18. The number of nitrogens with two attached hydrogens (primary N) is 1. The SMILES string of the molecule is CN1Nc2ccccc2N1N. The second kappa shape index (κ2) is 2.11. The van der Waals surface area contributed by atoms with E-state index in [4.69, 9.17) is 5.84 Å². The number of nitrogens with one attached hydrogen (secondary N) is 1. The second-order valence-corrected chi connectivity index (χ2v) is 2.50. The first-order valence-corrected chi connectivity index (χ1v) is 3.43. The number of fused-ring (bicyclic) bond motifs is 1. The van der Waals surface area contributed by atoms with Gasteiger partial charge in [0.25, 0.3) is 0 Å². The van der Waals surface area contributed by atoms with Crippen LogP contribution in [0.2, 0.25) is 0 Å². The summed E-state index contributed by atoms with van der Waals surface area (Å²) in [6.07, 6.45) is 0. The molecule has 0 spiro atoms. The fraction of sp³-hybridized carbons (Fsp3) is 0.143. The average molecular weight is 150 g/mol. The van der Waals surface area contributed by atoms with E-state index in [9.17, 15) is 0 Å². The van der Waals surface area contributed by atoms with E-state index in [1.807, 2.05) is 31.3 Å². The summed E-state index contributed by atoms with van der Waals surface area (Å²) >= 11 is 0. The van der Waals surface area contributed by atoms with Crippen molar-refractivity contribution in [3.8, 4) is 0 Å². The molecule has 0 aromatic heterocycles. The molecule has 3 N–H and O–H groups in total. The molecule has 0 radical (unpaired) electrons. The largest absolute Gasteiger partial charge is 0.298 e. The Bertz CT molecular complexity index is 273. The van der Waals surface area contributed by atoms with Gasteiger partial charge in [0.15, 0.2) is 0 Å². The van der Waals surface area contributed by atoms with Crippen molar-refractivity contribution in [2.75, 3.05) is 17.6 Å². The Morgan fingerprint density at radius 3 is 2.82 bits per heavy atom. The van der Waals surface area contributed by atoms with Gasteiger partial charge in [-0.25, -0.2) is 11.0 Å². The minimum absolute atomic E-state index is 0.995. The number of anilines is 2. The van der Waals surface area contributed by atoms with Crippen molar-refractivity contribution >= 4 is 11.4 Å². The first-order chi connectivity index (χ1) is 5.29. The van der Waals surface area contributed by atoms with Crippen molar-refractivity contribution in [3.63, 3.8) is 0 Å². The molecule has 2 rings (SSSR count). The van der Waals surface area contributed by atoms with Crippen LogP contribution < -0.4 is 16.4 Å². The van der Waals surface area contributed by atoms with Crippen molar-refractivity contribution in [3.05, 3.63) is 24.3 Å². The van der Waals surface area contributed by atoms with Gasteiger partial charge in [0.05, 0.1) is 11.4 Å². The topological polar surface area (TPSA) is 44.5 Å². The van der Waals surface area contributed by atoms with Gasteiger partial charge in [0.2, 0.25) is 0 Å². The van der Waals surface area contributed by atoms with Crippen molar-refractivity contribution in [2.24, 2.45) is 5.84 Å². The highest BCUT2D eigenvalue weighted by Gasteiger charge is 2.19. The van der Waals surface area contributed by atoms with E-state index in [1.54, 1.807) is 10.2 Å². The van der Waals surface area contributed by atoms with E-state index < -0.39 is 0 Å². The third kappa shape index (κ3) is 0.840. The quantitative estimate of drug-likeness (QED) is 0.530. The van der Waals surface area contributed by atoms with Gasteiger partial charge in [-0.1, -0.05) is 12.1 Å². The monoisotopic (exact) mass is 150 g/mol. The highest BCUT2D eigenvalue weighted by molar-refractivity contribution is 5.71. The Labute approximate surface area is 65.1 Å². The van der Waals surface area contributed by atoms with Crippen molar-refractivity contribution < 1.29 is 0 Å². The third-order valence-corrected chi connectivity index (χ3v) is 1.76. The van der Waals surface area contributed by atoms with E-state index >= 15 is 0 Å². The molecule has 0 saturated heterocycles. The van der Waals surface area contributed by atoms with Gasteiger partial charge in [-0.3, -0.25) is 5.43 Å². The van der Waals surface area contributed by atoms with Crippen molar-refractivity contribution in [1.29, 1.82) is 0 Å². The van der Waals surface area contributed by atoms with Crippen LogP contribution in [0.25, 0.3) is 0 Å². The molecular formula is C7H10N4. The average Bonchev–Trinajstić information content (AvgIpc) is 2.30. The summed E-state index contributed by atoms with van der Waals surface area (Å²) in [5.41, 5.74) is 5.12. The molecule has 0 saturated carbocycles. The lowest BCUT2D eigenvalue weighted by molar-refractivity contribution is 0.391. The third-order valence-electron chi connectivity index (χ3n) is 1.76. The van der Waals surface area contributed by atoms with Gasteiger partial charge in [-0.2, -0.15) is 0 Å². The van der Waals surface area contributed by atoms with Crippen LogP contribution in [-0.2, 0) is 0 Å². The van der Waals surface area contributed by atoms with Gasteiger partial charge in [0.1, 0.15) is 0 Å². The number of para-hydroxylation sites is 2. The molecule has 1 aromatic rings. The van der Waals surface area contributed by atoms with E-state index in [2.05, 4.69) is 5.43 Å². The van der Waals surface area contributed by atoms with Crippen LogP contribution in [0.5, 0.6) is 0 Å². The maximum Gasteiger partial charge on any atom is 0.0965 e. The Morgan fingerprint density at radius 1 is 1.36 bits per heavy atom. The minimum Gasteiger partial charge on any atom is -0.298 e. The van der Waals surface area contributed by atoms with E-state index in [0.29, 0.717) is 0 Å². The summed E-state index contributed by atoms with van der Waals surface area (Å²) in [5.74, 6) is 5.69. The Balaban J connectivity index is 2.47. The smallest absolute Gasteiger partial charge is 0.0965 e. The maximum absolute atomic E-state index is 5.69. The first-order valence-electron chi connectivity index (χ1n) is 3.43. The van der Waals surface area contributed by atoms with Crippen LogP contribution in [0.3, 0.4) is 0 Å². The number of benzene rings is 1. The molecule has 0 fully saturated rings. The lowest BCUT2D eigenvalue weighted by Crippen LogP contribution is -2.43. The van der Waals surface area contributed by atoms with Crippen molar-refractivity contribution in [1.82, 2.24) is 5.12 Å². The Kier molecular flexibility index (Phi) is 1.24. The Hall–Kier alpha value is -1.26. The zero-order valence-corrected chi connectivity index (χ0v) is 6.28. The molecule has 0 unspecified atom stereocenters. The van der Waals surface area contributed by atoms with Crippen LogP contribution in [0.1, 0.15) is 0 Å². The van der Waals surface area contributed by atoms with Gasteiger partial charge in [-0.15, -0.1) is 5.12 Å². The Morgan fingerprint density at radius 2 is 2.09 bits per heavy atom. The fourth-order valence-corrected chi connectivity index (χ4v) is 1.16. The highest BCUT2D eigenvalue weighted by Crippen LogP contribution is 2.29. The summed E-state index contributed by atoms with van der Waals surface area (Å²) < 4.78 is 0. The van der Waals surface area contributed by atoms with Crippen LogP contribution in [-0.4, -0.2) is 12.2 Å². The molecular weight excluding hydrogens is 140 g/mol. The zero-order valence-electron chi connectivity index (χ0n) is 6.28. The summed E-state index contributed by atoms with van der Waals surface area (Å²) in [7, 11) is 1.86. The minimum atomic E-state index is 0.995. The summed E-state index contributed by atoms with van der Waals surface area (Å²) in [5, 5.41) is 3.29. The lowest BCUT2D eigenvalue weighted by atomic mass is 10.3. The number of hydrogen-bond donors (Lipinski definition) is 2. The molecule has 0 bridgehead atoms. The molecule has 4 heteroatoms. The summed E-state index contributed by atoms with van der Waals surface area (Å²) in [4.78, 5) is 0. The van der Waals surface area contributed by atoms with E-state index in [0.717, 1.165) is 11.4 Å². The van der Waals surface area contributed by atoms with Crippen LogP contribution in [0.15, 0.2) is 24.3 Å². The first kappa shape index (κ1) is 6.45. The summed E-state index contributed by atoms with van der Waals surface area (Å²) in [6, 6.07) is 7.88. The number of nitrogens with zero attached hydrogens (tertiary/aromatic N) is 2. The molecule has 0 amide bonds. The number of hydrazine groups is 3. The summed E-state index contributed by atoms with van der Waals surface area (Å²) in [6.45, 7) is 0. The predicted octanol–water partition coefficient (Wildman–Crippen LogP) is 0.554. The maximum atomic E-state index is 5.69. The van der Waals surface area contributed by atoms with Gasteiger partial charge in [0, 0.05) is 7.05 Å². The molecule has 1 aliphatic heterocycles. The molecule has 0 atom stereocenters.